The van der Waals surface area contributed by atoms with E-state index in [1.54, 1.807) is 42.6 Å². The third-order valence-corrected chi connectivity index (χ3v) is 3.76. The summed E-state index contributed by atoms with van der Waals surface area (Å²) in [6.45, 7) is 1.74. The highest BCUT2D eigenvalue weighted by Crippen LogP contribution is 2.16. The van der Waals surface area contributed by atoms with Crippen molar-refractivity contribution in [2.75, 3.05) is 18.0 Å². The highest BCUT2D eigenvalue weighted by atomic mass is 16.2. The first-order chi connectivity index (χ1) is 10.2. The average molecular weight is 286 g/mol. The van der Waals surface area contributed by atoms with Gasteiger partial charge in [0.2, 0.25) is 0 Å². The number of carbonyl (C=O) groups is 1. The molecule has 0 aromatic carbocycles. The van der Waals surface area contributed by atoms with Crippen LogP contribution in [0.4, 0.5) is 5.82 Å². The first-order valence-corrected chi connectivity index (χ1v) is 7.04. The van der Waals surface area contributed by atoms with Gasteiger partial charge in [-0.15, -0.1) is 0 Å². The van der Waals surface area contributed by atoms with Crippen LogP contribution < -0.4 is 10.2 Å². The Hall–Kier alpha value is -2.44. The molecule has 0 atom stereocenters. The fraction of sp³-hybridized carbons (Fsp3) is 0.429. The second-order valence-corrected chi connectivity index (χ2v) is 5.14. The highest BCUT2D eigenvalue weighted by molar-refractivity contribution is 5.92. The number of nitrogens with zero attached hydrogens (tertiary/aromatic N) is 5. The maximum Gasteiger partial charge on any atom is 0.269 e. The molecule has 2 aromatic heterocycles. The van der Waals surface area contributed by atoms with Gasteiger partial charge in [-0.05, 0) is 18.9 Å². The van der Waals surface area contributed by atoms with Crippen LogP contribution in [0.2, 0.25) is 0 Å². The number of amides is 1. The lowest BCUT2D eigenvalue weighted by Gasteiger charge is -2.32. The van der Waals surface area contributed by atoms with Gasteiger partial charge in [-0.3, -0.25) is 14.5 Å². The Balaban J connectivity index is 1.55. The Bertz CT molecular complexity index is 603. The summed E-state index contributed by atoms with van der Waals surface area (Å²) >= 11 is 0. The van der Waals surface area contributed by atoms with Gasteiger partial charge in [-0.2, -0.15) is 5.10 Å². The quantitative estimate of drug-likeness (QED) is 0.894. The van der Waals surface area contributed by atoms with E-state index in [4.69, 9.17) is 0 Å². The molecule has 1 aliphatic heterocycles. The number of hydrogen-bond acceptors (Lipinski definition) is 5. The summed E-state index contributed by atoms with van der Waals surface area (Å²) < 4.78 is 1.59. The maximum atomic E-state index is 12.1. The first-order valence-electron chi connectivity index (χ1n) is 7.04. The minimum atomic E-state index is -0.0621. The molecule has 0 radical (unpaired) electrons. The number of aromatic nitrogens is 4. The van der Waals surface area contributed by atoms with E-state index >= 15 is 0 Å². The Morgan fingerprint density at radius 3 is 2.71 bits per heavy atom. The zero-order valence-electron chi connectivity index (χ0n) is 11.9. The molecule has 21 heavy (non-hydrogen) atoms. The van der Waals surface area contributed by atoms with Crippen LogP contribution >= 0.6 is 0 Å². The molecule has 0 bridgehead atoms. The Morgan fingerprint density at radius 1 is 1.29 bits per heavy atom. The van der Waals surface area contributed by atoms with Gasteiger partial charge in [0.25, 0.3) is 5.91 Å². The van der Waals surface area contributed by atoms with Crippen molar-refractivity contribution in [2.45, 2.75) is 18.9 Å². The smallest absolute Gasteiger partial charge is 0.269 e. The van der Waals surface area contributed by atoms with Gasteiger partial charge in [-0.1, -0.05) is 0 Å². The van der Waals surface area contributed by atoms with Crippen molar-refractivity contribution < 1.29 is 4.79 Å². The average Bonchev–Trinajstić information content (AvgIpc) is 2.95. The van der Waals surface area contributed by atoms with Crippen LogP contribution in [0, 0.1) is 0 Å². The van der Waals surface area contributed by atoms with Crippen LogP contribution in [0.25, 0.3) is 0 Å². The molecule has 7 nitrogen and oxygen atoms in total. The number of anilines is 1. The standard InChI is InChI=1S/C14H18N6O/c1-19-12(2-5-17-19)14(21)18-11-3-8-20(9-4-11)13-10-15-6-7-16-13/h2,5-7,10-11H,3-4,8-9H2,1H3,(H,18,21). The predicted octanol–water partition coefficient (Wildman–Crippen LogP) is 0.609. The molecular formula is C14H18N6O. The number of carbonyl (C=O) groups excluding carboxylic acids is 1. The van der Waals surface area contributed by atoms with Crippen molar-refractivity contribution in [3.8, 4) is 0 Å². The van der Waals surface area contributed by atoms with Crippen molar-refractivity contribution in [1.29, 1.82) is 0 Å². The molecule has 3 rings (SSSR count). The summed E-state index contributed by atoms with van der Waals surface area (Å²) in [7, 11) is 1.77. The molecule has 0 unspecified atom stereocenters. The molecule has 0 spiro atoms. The zero-order chi connectivity index (χ0) is 14.7. The summed E-state index contributed by atoms with van der Waals surface area (Å²) in [5, 5.41) is 7.09. The van der Waals surface area contributed by atoms with Crippen molar-refractivity contribution in [3.05, 3.63) is 36.5 Å². The molecule has 110 valence electrons. The van der Waals surface area contributed by atoms with Crippen LogP contribution in [0.3, 0.4) is 0 Å². The van der Waals surface area contributed by atoms with Crippen molar-refractivity contribution in [1.82, 2.24) is 25.1 Å². The second kappa shape index (κ2) is 5.90. The molecule has 0 saturated carbocycles. The lowest BCUT2D eigenvalue weighted by molar-refractivity contribution is 0.0921. The monoisotopic (exact) mass is 286 g/mol. The van der Waals surface area contributed by atoms with Gasteiger partial charge in [-0.25, -0.2) is 4.98 Å². The third-order valence-electron chi connectivity index (χ3n) is 3.76. The fourth-order valence-electron chi connectivity index (χ4n) is 2.56. The predicted molar refractivity (Wildman–Crippen MR) is 77.9 cm³/mol. The van der Waals surface area contributed by atoms with Gasteiger partial charge in [0.05, 0.1) is 6.20 Å². The lowest BCUT2D eigenvalue weighted by atomic mass is 10.0. The topological polar surface area (TPSA) is 75.9 Å². The number of aryl methyl sites for hydroxylation is 1. The van der Waals surface area contributed by atoms with Crippen molar-refractivity contribution in [3.63, 3.8) is 0 Å². The number of rotatable bonds is 3. The summed E-state index contributed by atoms with van der Waals surface area (Å²) in [5.74, 6) is 0.835. The highest BCUT2D eigenvalue weighted by Gasteiger charge is 2.22. The summed E-state index contributed by atoms with van der Waals surface area (Å²) in [6.07, 6.45) is 8.58. The Kier molecular flexibility index (Phi) is 3.81. The van der Waals surface area contributed by atoms with E-state index in [1.165, 1.54) is 0 Å². The van der Waals surface area contributed by atoms with E-state index in [0.717, 1.165) is 31.7 Å². The maximum absolute atomic E-state index is 12.1. The molecule has 1 saturated heterocycles. The number of nitrogens with one attached hydrogen (secondary N) is 1. The molecule has 3 heterocycles. The largest absolute Gasteiger partial charge is 0.355 e. The first kappa shape index (κ1) is 13.5. The summed E-state index contributed by atoms with van der Waals surface area (Å²) in [4.78, 5) is 22.7. The van der Waals surface area contributed by atoms with Gasteiger partial charge in [0, 0.05) is 44.8 Å². The fourth-order valence-corrected chi connectivity index (χ4v) is 2.56. The van der Waals surface area contributed by atoms with E-state index in [1.807, 2.05) is 0 Å². The zero-order valence-corrected chi connectivity index (χ0v) is 11.9. The Morgan fingerprint density at radius 2 is 2.10 bits per heavy atom. The van der Waals surface area contributed by atoms with E-state index in [-0.39, 0.29) is 11.9 Å². The van der Waals surface area contributed by atoms with E-state index in [0.29, 0.717) is 5.69 Å². The SMILES string of the molecule is Cn1nccc1C(=O)NC1CCN(c2cnccn2)CC1. The van der Waals surface area contributed by atoms with Crippen LogP contribution in [0.15, 0.2) is 30.9 Å². The minimum Gasteiger partial charge on any atom is -0.355 e. The van der Waals surface area contributed by atoms with Crippen LogP contribution in [-0.4, -0.2) is 44.8 Å². The second-order valence-electron chi connectivity index (χ2n) is 5.14. The van der Waals surface area contributed by atoms with E-state index < -0.39 is 0 Å². The van der Waals surface area contributed by atoms with Gasteiger partial charge in [0.15, 0.2) is 0 Å². The van der Waals surface area contributed by atoms with Crippen molar-refractivity contribution in [2.24, 2.45) is 7.05 Å². The van der Waals surface area contributed by atoms with Crippen LogP contribution in [0.5, 0.6) is 0 Å². The number of hydrogen-bond donors (Lipinski definition) is 1. The summed E-state index contributed by atoms with van der Waals surface area (Å²) in [5.41, 5.74) is 0.589. The molecule has 1 amide bonds. The van der Waals surface area contributed by atoms with Crippen LogP contribution in [-0.2, 0) is 7.05 Å². The Labute approximate surface area is 123 Å². The van der Waals surface area contributed by atoms with Gasteiger partial charge >= 0.3 is 0 Å². The minimum absolute atomic E-state index is 0.0621. The van der Waals surface area contributed by atoms with Crippen molar-refractivity contribution >= 4 is 11.7 Å². The third kappa shape index (κ3) is 3.01. The lowest BCUT2D eigenvalue weighted by Crippen LogP contribution is -2.45. The van der Waals surface area contributed by atoms with E-state index in [2.05, 4.69) is 25.3 Å². The molecular weight excluding hydrogens is 268 g/mol. The normalized spacial score (nSPS) is 16.0. The van der Waals surface area contributed by atoms with E-state index in [9.17, 15) is 4.79 Å². The summed E-state index contributed by atoms with van der Waals surface area (Å²) in [6, 6.07) is 1.92. The van der Waals surface area contributed by atoms with Crippen LogP contribution in [0.1, 0.15) is 23.3 Å². The molecule has 1 fully saturated rings. The number of piperidine rings is 1. The molecule has 7 heteroatoms. The van der Waals surface area contributed by atoms with Gasteiger partial charge in [0.1, 0.15) is 11.5 Å². The molecule has 0 aliphatic carbocycles. The molecule has 1 N–H and O–H groups in total. The molecule has 2 aromatic rings. The van der Waals surface area contributed by atoms with Gasteiger partial charge < -0.3 is 10.2 Å². The molecule has 1 aliphatic rings.